The first-order valence-electron chi connectivity index (χ1n) is 3.55. The third kappa shape index (κ3) is 1.90. The van der Waals surface area contributed by atoms with E-state index < -0.39 is 0 Å². The van der Waals surface area contributed by atoms with Gasteiger partial charge in [-0.05, 0) is 6.07 Å². The van der Waals surface area contributed by atoms with Crippen molar-refractivity contribution in [2.75, 3.05) is 11.6 Å². The third-order valence-corrected chi connectivity index (χ3v) is 1.69. The highest BCUT2D eigenvalue weighted by atomic mass is 35.5. The predicted octanol–water partition coefficient (Wildman–Crippen LogP) is 1.43. The van der Waals surface area contributed by atoms with Gasteiger partial charge in [0.1, 0.15) is 0 Å². The Labute approximate surface area is 76.8 Å². The van der Waals surface area contributed by atoms with E-state index in [1.54, 1.807) is 12.3 Å². The van der Waals surface area contributed by atoms with Gasteiger partial charge >= 0.3 is 0 Å². The predicted molar refractivity (Wildman–Crippen MR) is 51.0 cm³/mol. The Morgan fingerprint density at radius 2 is 2.42 bits per heavy atom. The van der Waals surface area contributed by atoms with Gasteiger partial charge in [0.05, 0.1) is 11.4 Å². The van der Waals surface area contributed by atoms with E-state index in [-0.39, 0.29) is 0 Å². The standard InChI is InChI=1S/C9H9ClN2/c1-2-7-5-8(11)9(3-4-10)12-6-7/h1,5-6H,3-4,11H2. The lowest BCUT2D eigenvalue weighted by molar-refractivity contribution is 1.05. The van der Waals surface area contributed by atoms with Crippen LogP contribution in [0.5, 0.6) is 0 Å². The monoisotopic (exact) mass is 180 g/mol. The van der Waals surface area contributed by atoms with Gasteiger partial charge in [-0.3, -0.25) is 4.98 Å². The average Bonchev–Trinajstić information content (AvgIpc) is 2.09. The van der Waals surface area contributed by atoms with Gasteiger partial charge in [-0.15, -0.1) is 18.0 Å². The molecule has 62 valence electrons. The van der Waals surface area contributed by atoms with E-state index in [0.29, 0.717) is 23.6 Å². The highest BCUT2D eigenvalue weighted by molar-refractivity contribution is 6.18. The van der Waals surface area contributed by atoms with Crippen molar-refractivity contribution in [1.82, 2.24) is 4.98 Å². The molecule has 3 heteroatoms. The average molecular weight is 181 g/mol. The number of hydrogen-bond acceptors (Lipinski definition) is 2. The van der Waals surface area contributed by atoms with Crippen LogP contribution < -0.4 is 5.73 Å². The van der Waals surface area contributed by atoms with Crippen molar-refractivity contribution in [2.24, 2.45) is 0 Å². The molecule has 0 radical (unpaired) electrons. The van der Waals surface area contributed by atoms with Crippen LogP contribution in [0.4, 0.5) is 5.69 Å². The summed E-state index contributed by atoms with van der Waals surface area (Å²) in [5, 5.41) is 0. The van der Waals surface area contributed by atoms with Crippen molar-refractivity contribution in [3.8, 4) is 12.3 Å². The SMILES string of the molecule is C#Cc1cnc(CCCl)c(N)c1. The van der Waals surface area contributed by atoms with Crippen molar-refractivity contribution in [1.29, 1.82) is 0 Å². The van der Waals surface area contributed by atoms with Crippen LogP contribution >= 0.6 is 11.6 Å². The summed E-state index contributed by atoms with van der Waals surface area (Å²) in [6.07, 6.45) is 7.47. The molecule has 1 aromatic heterocycles. The molecule has 2 nitrogen and oxygen atoms in total. The molecule has 1 rings (SSSR count). The molecule has 0 aliphatic carbocycles. The second-order valence-corrected chi connectivity index (χ2v) is 2.72. The third-order valence-electron chi connectivity index (χ3n) is 1.50. The van der Waals surface area contributed by atoms with Gasteiger partial charge in [-0.25, -0.2) is 0 Å². The number of rotatable bonds is 2. The number of pyridine rings is 1. The Balaban J connectivity index is 2.97. The van der Waals surface area contributed by atoms with Gasteiger partial charge < -0.3 is 5.73 Å². The largest absolute Gasteiger partial charge is 0.397 e. The van der Waals surface area contributed by atoms with E-state index in [9.17, 15) is 0 Å². The topological polar surface area (TPSA) is 38.9 Å². The fraction of sp³-hybridized carbons (Fsp3) is 0.222. The van der Waals surface area contributed by atoms with E-state index in [4.69, 9.17) is 23.8 Å². The number of aryl methyl sites for hydroxylation is 1. The molecule has 0 saturated heterocycles. The second kappa shape index (κ2) is 3.99. The first kappa shape index (κ1) is 8.89. The summed E-state index contributed by atoms with van der Waals surface area (Å²) < 4.78 is 0. The molecule has 0 spiro atoms. The fourth-order valence-corrected chi connectivity index (χ4v) is 1.07. The molecule has 2 N–H and O–H groups in total. The molecule has 0 aliphatic heterocycles. The van der Waals surface area contributed by atoms with Crippen molar-refractivity contribution < 1.29 is 0 Å². The van der Waals surface area contributed by atoms with Crippen LogP contribution in [0.1, 0.15) is 11.3 Å². The lowest BCUT2D eigenvalue weighted by Crippen LogP contribution is -1.99. The molecule has 0 aliphatic rings. The zero-order valence-corrected chi connectivity index (χ0v) is 7.30. The highest BCUT2D eigenvalue weighted by Crippen LogP contribution is 2.11. The van der Waals surface area contributed by atoms with Crippen LogP contribution in [-0.4, -0.2) is 10.9 Å². The summed E-state index contributed by atoms with van der Waals surface area (Å²) in [4.78, 5) is 4.09. The van der Waals surface area contributed by atoms with E-state index in [1.807, 2.05) is 0 Å². The van der Waals surface area contributed by atoms with E-state index in [2.05, 4.69) is 10.9 Å². The Morgan fingerprint density at radius 3 is 2.92 bits per heavy atom. The number of nitrogens with zero attached hydrogens (tertiary/aromatic N) is 1. The van der Waals surface area contributed by atoms with Crippen LogP contribution in [-0.2, 0) is 6.42 Å². The second-order valence-electron chi connectivity index (χ2n) is 2.34. The van der Waals surface area contributed by atoms with Gasteiger partial charge in [0.15, 0.2) is 0 Å². The Hall–Kier alpha value is -1.20. The molecule has 0 bridgehead atoms. The number of aromatic nitrogens is 1. The minimum Gasteiger partial charge on any atom is -0.397 e. The maximum Gasteiger partial charge on any atom is 0.0645 e. The molecule has 1 heterocycles. The normalized spacial score (nSPS) is 9.33. The number of alkyl halides is 1. The summed E-state index contributed by atoms with van der Waals surface area (Å²) in [5.41, 5.74) is 7.79. The summed E-state index contributed by atoms with van der Waals surface area (Å²) >= 11 is 5.55. The van der Waals surface area contributed by atoms with E-state index >= 15 is 0 Å². The number of anilines is 1. The quantitative estimate of drug-likeness (QED) is 0.553. The number of nitrogens with two attached hydrogens (primary N) is 1. The first-order chi connectivity index (χ1) is 5.77. The number of terminal acetylenes is 1. The Morgan fingerprint density at radius 1 is 1.67 bits per heavy atom. The van der Waals surface area contributed by atoms with Crippen LogP contribution in [0.2, 0.25) is 0 Å². The van der Waals surface area contributed by atoms with Gasteiger partial charge in [0.25, 0.3) is 0 Å². The summed E-state index contributed by atoms with van der Waals surface area (Å²) in [5.74, 6) is 2.98. The van der Waals surface area contributed by atoms with E-state index in [0.717, 1.165) is 5.69 Å². The number of halogens is 1. The van der Waals surface area contributed by atoms with Crippen LogP contribution in [0.15, 0.2) is 12.3 Å². The Bertz CT molecular complexity index is 315. The Kier molecular flexibility index (Phi) is 2.95. The van der Waals surface area contributed by atoms with Crippen LogP contribution in [0.25, 0.3) is 0 Å². The van der Waals surface area contributed by atoms with Gasteiger partial charge in [-0.2, -0.15) is 0 Å². The first-order valence-corrected chi connectivity index (χ1v) is 4.08. The maximum absolute atomic E-state index is 5.67. The van der Waals surface area contributed by atoms with Crippen molar-refractivity contribution in [2.45, 2.75) is 6.42 Å². The smallest absolute Gasteiger partial charge is 0.0645 e. The molecule has 0 atom stereocenters. The van der Waals surface area contributed by atoms with Crippen LogP contribution in [0, 0.1) is 12.3 Å². The summed E-state index contributed by atoms with van der Waals surface area (Å²) in [7, 11) is 0. The molecular formula is C9H9ClN2. The fourth-order valence-electron chi connectivity index (χ4n) is 0.887. The molecule has 0 unspecified atom stereocenters. The summed E-state index contributed by atoms with van der Waals surface area (Å²) in [6.45, 7) is 0. The number of nitrogen functional groups attached to an aromatic ring is 1. The molecular weight excluding hydrogens is 172 g/mol. The van der Waals surface area contributed by atoms with Crippen LogP contribution in [0.3, 0.4) is 0 Å². The van der Waals surface area contributed by atoms with Gasteiger partial charge in [0.2, 0.25) is 0 Å². The molecule has 0 aromatic carbocycles. The molecule has 1 aromatic rings. The molecule has 0 amide bonds. The zero-order chi connectivity index (χ0) is 8.97. The maximum atomic E-state index is 5.67. The van der Waals surface area contributed by atoms with E-state index in [1.165, 1.54) is 0 Å². The van der Waals surface area contributed by atoms with Crippen molar-refractivity contribution in [3.63, 3.8) is 0 Å². The number of hydrogen-bond donors (Lipinski definition) is 1. The summed E-state index contributed by atoms with van der Waals surface area (Å²) in [6, 6.07) is 1.73. The van der Waals surface area contributed by atoms with Gasteiger partial charge in [-0.1, -0.05) is 5.92 Å². The lowest BCUT2D eigenvalue weighted by atomic mass is 10.2. The highest BCUT2D eigenvalue weighted by Gasteiger charge is 1.99. The zero-order valence-electron chi connectivity index (χ0n) is 6.55. The van der Waals surface area contributed by atoms with Gasteiger partial charge in [0, 0.05) is 24.1 Å². The molecule has 0 fully saturated rings. The molecule has 12 heavy (non-hydrogen) atoms. The lowest BCUT2D eigenvalue weighted by Gasteiger charge is -2.01. The van der Waals surface area contributed by atoms with Crippen molar-refractivity contribution >= 4 is 17.3 Å². The van der Waals surface area contributed by atoms with Crippen molar-refractivity contribution in [3.05, 3.63) is 23.5 Å². The minimum absolute atomic E-state index is 0.520. The minimum atomic E-state index is 0.520. The molecule has 0 saturated carbocycles.